The fourth-order valence-corrected chi connectivity index (χ4v) is 1.06. The van der Waals surface area contributed by atoms with Crippen LogP contribution >= 0.6 is 11.8 Å². The topological polar surface area (TPSA) is 72.5 Å². The number of carboxylic acids is 1. The van der Waals surface area contributed by atoms with Crippen LogP contribution in [0.5, 0.6) is 0 Å². The minimum atomic E-state index is -0.913. The van der Waals surface area contributed by atoms with Crippen molar-refractivity contribution in [3.05, 3.63) is 0 Å². The zero-order valence-electron chi connectivity index (χ0n) is 9.16. The maximum absolute atomic E-state index is 10.1. The molecule has 3 N–H and O–H groups in total. The maximum Gasteiger partial charge on any atom is 0.320 e. The molecule has 0 heterocycles. The minimum absolute atomic E-state index is 0.552. The van der Waals surface area contributed by atoms with Gasteiger partial charge in [0, 0.05) is 13.2 Å². The predicted octanol–water partition coefficient (Wildman–Crippen LogP) is 1.19. The van der Waals surface area contributed by atoms with Crippen molar-refractivity contribution in [2.45, 2.75) is 26.3 Å². The summed E-state index contributed by atoms with van der Waals surface area (Å²) in [5.74, 6) is -0.1000. The minimum Gasteiger partial charge on any atom is -0.480 e. The number of ether oxygens (including phenoxy) is 1. The van der Waals surface area contributed by atoms with Gasteiger partial charge in [-0.2, -0.15) is 11.8 Å². The van der Waals surface area contributed by atoms with Gasteiger partial charge >= 0.3 is 5.97 Å². The van der Waals surface area contributed by atoms with Gasteiger partial charge in [-0.15, -0.1) is 0 Å². The predicted molar refractivity (Wildman–Crippen MR) is 60.8 cm³/mol. The summed E-state index contributed by atoms with van der Waals surface area (Å²) in [6, 6.07) is -0.683. The first kappa shape index (κ1) is 16.2. The molecular formula is C9H21NO3S. The SMILES string of the molecule is CCOCC.CSCCC(N)C(=O)O. The van der Waals surface area contributed by atoms with Gasteiger partial charge in [-0.1, -0.05) is 0 Å². The first-order chi connectivity index (χ1) is 6.59. The van der Waals surface area contributed by atoms with Gasteiger partial charge < -0.3 is 15.6 Å². The van der Waals surface area contributed by atoms with E-state index in [0.29, 0.717) is 6.42 Å². The Bertz CT molecular complexity index is 131. The van der Waals surface area contributed by atoms with Crippen LogP contribution in [-0.2, 0) is 9.53 Å². The van der Waals surface area contributed by atoms with E-state index in [9.17, 15) is 4.79 Å². The molecule has 0 aliphatic carbocycles. The van der Waals surface area contributed by atoms with Gasteiger partial charge in [-0.3, -0.25) is 4.79 Å². The first-order valence-corrected chi connectivity index (χ1v) is 6.04. The molecule has 0 saturated carbocycles. The van der Waals surface area contributed by atoms with E-state index in [0.717, 1.165) is 19.0 Å². The van der Waals surface area contributed by atoms with E-state index in [1.165, 1.54) is 0 Å². The van der Waals surface area contributed by atoms with Gasteiger partial charge in [0.2, 0.25) is 0 Å². The Balaban J connectivity index is 0. The standard InChI is InChI=1S/C5H11NO2S.C4H10O/c1-9-3-2-4(6)5(7)8;1-3-5-4-2/h4H,2-3,6H2,1H3,(H,7,8);3-4H2,1-2H3. The molecule has 0 amide bonds. The number of hydrogen-bond acceptors (Lipinski definition) is 4. The summed E-state index contributed by atoms with van der Waals surface area (Å²) >= 11 is 1.60. The van der Waals surface area contributed by atoms with Crippen LogP contribution in [0.15, 0.2) is 0 Å². The van der Waals surface area contributed by atoms with E-state index in [2.05, 4.69) is 0 Å². The summed E-state index contributed by atoms with van der Waals surface area (Å²) in [5.41, 5.74) is 5.19. The molecule has 0 aliphatic rings. The second kappa shape index (κ2) is 12.7. The monoisotopic (exact) mass is 223 g/mol. The lowest BCUT2D eigenvalue weighted by Crippen LogP contribution is -2.30. The van der Waals surface area contributed by atoms with E-state index < -0.39 is 12.0 Å². The summed E-state index contributed by atoms with van der Waals surface area (Å²) in [5, 5.41) is 8.27. The molecular weight excluding hydrogens is 202 g/mol. The Hall–Kier alpha value is -0.260. The van der Waals surface area contributed by atoms with Crippen LogP contribution in [0.4, 0.5) is 0 Å². The van der Waals surface area contributed by atoms with Crippen LogP contribution in [0.3, 0.4) is 0 Å². The molecule has 0 radical (unpaired) electrons. The molecule has 0 aromatic heterocycles. The number of rotatable bonds is 6. The lowest BCUT2D eigenvalue weighted by atomic mass is 10.2. The van der Waals surface area contributed by atoms with Crippen molar-refractivity contribution in [1.29, 1.82) is 0 Å². The highest BCUT2D eigenvalue weighted by Gasteiger charge is 2.08. The lowest BCUT2D eigenvalue weighted by molar-refractivity contribution is -0.138. The first-order valence-electron chi connectivity index (χ1n) is 4.65. The van der Waals surface area contributed by atoms with Crippen LogP contribution in [0.1, 0.15) is 20.3 Å². The number of hydrogen-bond donors (Lipinski definition) is 2. The fraction of sp³-hybridized carbons (Fsp3) is 0.889. The third-order valence-electron chi connectivity index (χ3n) is 1.36. The molecule has 5 heteroatoms. The highest BCUT2D eigenvalue weighted by molar-refractivity contribution is 7.98. The molecule has 0 aromatic rings. The van der Waals surface area contributed by atoms with Crippen LogP contribution < -0.4 is 5.73 Å². The van der Waals surface area contributed by atoms with Gasteiger partial charge in [0.1, 0.15) is 6.04 Å². The summed E-state index contributed by atoms with van der Waals surface area (Å²) in [4.78, 5) is 10.1. The number of nitrogens with two attached hydrogens (primary N) is 1. The number of carboxylic acid groups (broad SMARTS) is 1. The normalized spacial score (nSPS) is 11.4. The Morgan fingerprint density at radius 3 is 2.21 bits per heavy atom. The molecule has 4 nitrogen and oxygen atoms in total. The number of carbonyl (C=O) groups is 1. The van der Waals surface area contributed by atoms with Crippen molar-refractivity contribution in [3.63, 3.8) is 0 Å². The zero-order chi connectivity index (χ0) is 11.4. The Labute approximate surface area is 90.2 Å². The highest BCUT2D eigenvalue weighted by Crippen LogP contribution is 1.97. The highest BCUT2D eigenvalue weighted by atomic mass is 32.2. The maximum atomic E-state index is 10.1. The largest absolute Gasteiger partial charge is 0.480 e. The molecule has 86 valence electrons. The van der Waals surface area contributed by atoms with Crippen molar-refractivity contribution < 1.29 is 14.6 Å². The number of aliphatic carboxylic acids is 1. The number of thioether (sulfide) groups is 1. The van der Waals surface area contributed by atoms with E-state index in [1.54, 1.807) is 11.8 Å². The molecule has 0 rings (SSSR count). The molecule has 14 heavy (non-hydrogen) atoms. The van der Waals surface area contributed by atoms with Crippen molar-refractivity contribution >= 4 is 17.7 Å². The van der Waals surface area contributed by atoms with Gasteiger partial charge in [-0.25, -0.2) is 0 Å². The summed E-state index contributed by atoms with van der Waals surface area (Å²) in [6.07, 6.45) is 2.48. The molecule has 0 fully saturated rings. The van der Waals surface area contributed by atoms with E-state index >= 15 is 0 Å². The van der Waals surface area contributed by atoms with Crippen molar-refractivity contribution in [1.82, 2.24) is 0 Å². The second-order valence-electron chi connectivity index (χ2n) is 2.51. The molecule has 0 spiro atoms. The van der Waals surface area contributed by atoms with Gasteiger partial charge in [-0.05, 0) is 32.3 Å². The molecule has 0 aliphatic heterocycles. The van der Waals surface area contributed by atoms with Crippen molar-refractivity contribution in [3.8, 4) is 0 Å². The Morgan fingerprint density at radius 2 is 2.00 bits per heavy atom. The zero-order valence-corrected chi connectivity index (χ0v) is 9.97. The van der Waals surface area contributed by atoms with Crippen molar-refractivity contribution in [2.24, 2.45) is 5.73 Å². The van der Waals surface area contributed by atoms with Crippen LogP contribution in [0, 0.1) is 0 Å². The third-order valence-corrected chi connectivity index (χ3v) is 2.00. The average Bonchev–Trinajstić information content (AvgIpc) is 2.16. The Kier molecular flexibility index (Phi) is 14.7. The smallest absolute Gasteiger partial charge is 0.320 e. The Morgan fingerprint density at radius 1 is 1.50 bits per heavy atom. The van der Waals surface area contributed by atoms with Crippen LogP contribution in [0.25, 0.3) is 0 Å². The van der Waals surface area contributed by atoms with Gasteiger partial charge in [0.05, 0.1) is 0 Å². The molecule has 1 atom stereocenters. The average molecular weight is 223 g/mol. The fourth-order valence-electron chi connectivity index (χ4n) is 0.572. The second-order valence-corrected chi connectivity index (χ2v) is 3.49. The van der Waals surface area contributed by atoms with Gasteiger partial charge in [0.25, 0.3) is 0 Å². The molecule has 0 bridgehead atoms. The van der Waals surface area contributed by atoms with E-state index in [1.807, 2.05) is 20.1 Å². The molecule has 0 saturated heterocycles. The van der Waals surface area contributed by atoms with E-state index in [4.69, 9.17) is 15.6 Å². The molecule has 0 aromatic carbocycles. The molecule has 1 unspecified atom stereocenters. The van der Waals surface area contributed by atoms with Crippen LogP contribution in [0.2, 0.25) is 0 Å². The van der Waals surface area contributed by atoms with E-state index in [-0.39, 0.29) is 0 Å². The van der Waals surface area contributed by atoms with Crippen LogP contribution in [-0.4, -0.2) is 42.3 Å². The van der Waals surface area contributed by atoms with Crippen molar-refractivity contribution in [2.75, 3.05) is 25.2 Å². The van der Waals surface area contributed by atoms with Gasteiger partial charge in [0.15, 0.2) is 0 Å². The summed E-state index contributed by atoms with van der Waals surface area (Å²) in [6.45, 7) is 5.67. The quantitative estimate of drug-likeness (QED) is 0.707. The summed E-state index contributed by atoms with van der Waals surface area (Å²) in [7, 11) is 0. The summed E-state index contributed by atoms with van der Waals surface area (Å²) < 4.78 is 4.83. The third kappa shape index (κ3) is 14.3. The lowest BCUT2D eigenvalue weighted by Gasteiger charge is -2.02.